The van der Waals surface area contributed by atoms with E-state index in [1.54, 1.807) is 42.5 Å². The van der Waals surface area contributed by atoms with Crippen molar-refractivity contribution < 1.29 is 24.2 Å². The van der Waals surface area contributed by atoms with Crippen molar-refractivity contribution in [3.05, 3.63) is 131 Å². The third-order valence-electron chi connectivity index (χ3n) is 7.13. The van der Waals surface area contributed by atoms with Crippen molar-refractivity contribution in [2.75, 3.05) is 19.1 Å². The van der Waals surface area contributed by atoms with Gasteiger partial charge in [0.05, 0.1) is 37.4 Å². The van der Waals surface area contributed by atoms with Crippen LogP contribution in [0.25, 0.3) is 22.3 Å². The molecule has 208 valence electrons. The Hall–Kier alpha value is -5.81. The predicted octanol–water partition coefficient (Wildman–Crippen LogP) is 5.62. The van der Waals surface area contributed by atoms with Crippen LogP contribution in [0.15, 0.2) is 126 Å². The van der Waals surface area contributed by atoms with Gasteiger partial charge in [0.1, 0.15) is 17.3 Å². The van der Waals surface area contributed by atoms with Crippen molar-refractivity contribution in [2.45, 2.75) is 5.92 Å². The summed E-state index contributed by atoms with van der Waals surface area (Å²) in [6.45, 7) is 0. The zero-order valence-electron chi connectivity index (χ0n) is 22.9. The molecule has 0 bridgehead atoms. The topological polar surface area (TPSA) is 126 Å². The van der Waals surface area contributed by atoms with E-state index in [0.717, 1.165) is 0 Å². The lowest BCUT2D eigenvalue weighted by Crippen LogP contribution is -2.40. The number of nitriles is 1. The van der Waals surface area contributed by atoms with Gasteiger partial charge in [-0.3, -0.25) is 4.90 Å². The SMILES string of the molecule is COC(=O)C1=C(C(=O)OC)N(c2cc(-c3ccccc3)c(O)c(-c3ccccc3)c2)C(N)=C(C#N)C1c1ccccc1. The van der Waals surface area contributed by atoms with Crippen LogP contribution in [0, 0.1) is 11.3 Å². The molecule has 42 heavy (non-hydrogen) atoms. The number of esters is 2. The van der Waals surface area contributed by atoms with Crippen molar-refractivity contribution in [3.8, 4) is 34.1 Å². The fraction of sp³-hybridized carbons (Fsp3) is 0.0882. The van der Waals surface area contributed by atoms with Crippen LogP contribution in [0.2, 0.25) is 0 Å². The Balaban J connectivity index is 1.88. The van der Waals surface area contributed by atoms with E-state index >= 15 is 0 Å². The number of aromatic hydroxyl groups is 1. The molecule has 0 saturated carbocycles. The number of benzene rings is 4. The van der Waals surface area contributed by atoms with Gasteiger partial charge < -0.3 is 20.3 Å². The highest BCUT2D eigenvalue weighted by Crippen LogP contribution is 2.47. The number of hydrogen-bond acceptors (Lipinski definition) is 8. The molecule has 4 aromatic rings. The summed E-state index contributed by atoms with van der Waals surface area (Å²) in [7, 11) is 2.40. The largest absolute Gasteiger partial charge is 0.507 e. The molecule has 0 amide bonds. The molecular weight excluding hydrogens is 530 g/mol. The Kier molecular flexibility index (Phi) is 7.76. The van der Waals surface area contributed by atoms with Crippen molar-refractivity contribution in [1.29, 1.82) is 5.26 Å². The average Bonchev–Trinajstić information content (AvgIpc) is 3.04. The van der Waals surface area contributed by atoms with Gasteiger partial charge in [-0.15, -0.1) is 0 Å². The van der Waals surface area contributed by atoms with Gasteiger partial charge >= 0.3 is 11.9 Å². The number of allylic oxidation sites excluding steroid dienone is 1. The summed E-state index contributed by atoms with van der Waals surface area (Å²) in [4.78, 5) is 28.3. The Morgan fingerprint density at radius 2 is 1.29 bits per heavy atom. The first-order valence-electron chi connectivity index (χ1n) is 13.0. The molecule has 8 nitrogen and oxygen atoms in total. The minimum Gasteiger partial charge on any atom is -0.507 e. The highest BCUT2D eigenvalue weighted by molar-refractivity contribution is 6.07. The zero-order valence-corrected chi connectivity index (χ0v) is 22.9. The maximum absolute atomic E-state index is 13.5. The number of nitrogens with two attached hydrogens (primary N) is 1. The lowest BCUT2D eigenvalue weighted by Gasteiger charge is -2.36. The highest BCUT2D eigenvalue weighted by atomic mass is 16.5. The lowest BCUT2D eigenvalue weighted by molar-refractivity contribution is -0.139. The van der Waals surface area contributed by atoms with Crippen LogP contribution in [-0.2, 0) is 19.1 Å². The first-order valence-corrected chi connectivity index (χ1v) is 13.0. The molecule has 1 aliphatic rings. The first-order chi connectivity index (χ1) is 20.4. The van der Waals surface area contributed by atoms with Crippen molar-refractivity contribution in [2.24, 2.45) is 5.73 Å². The van der Waals surface area contributed by atoms with Crippen LogP contribution in [0.4, 0.5) is 5.69 Å². The van der Waals surface area contributed by atoms with Crippen molar-refractivity contribution in [1.82, 2.24) is 0 Å². The molecule has 3 N–H and O–H groups in total. The van der Waals surface area contributed by atoms with Crippen LogP contribution in [0.5, 0.6) is 5.75 Å². The van der Waals surface area contributed by atoms with Gasteiger partial charge in [-0.2, -0.15) is 5.26 Å². The second-order valence-corrected chi connectivity index (χ2v) is 9.46. The summed E-state index contributed by atoms with van der Waals surface area (Å²) < 4.78 is 10.3. The highest BCUT2D eigenvalue weighted by Gasteiger charge is 2.43. The molecular formula is C34H27N3O5. The van der Waals surface area contributed by atoms with Gasteiger partial charge in [0.15, 0.2) is 0 Å². The number of carbonyl (C=O) groups is 2. The van der Waals surface area contributed by atoms with Gasteiger partial charge in [0, 0.05) is 16.8 Å². The van der Waals surface area contributed by atoms with E-state index in [4.69, 9.17) is 15.2 Å². The van der Waals surface area contributed by atoms with Crippen LogP contribution < -0.4 is 10.6 Å². The van der Waals surface area contributed by atoms with Crippen LogP contribution >= 0.6 is 0 Å². The summed E-state index contributed by atoms with van der Waals surface area (Å²) in [6.07, 6.45) is 0. The summed E-state index contributed by atoms with van der Waals surface area (Å²) in [6, 6.07) is 32.7. The maximum atomic E-state index is 13.5. The van der Waals surface area contributed by atoms with Crippen LogP contribution in [-0.4, -0.2) is 31.3 Å². The zero-order chi connectivity index (χ0) is 29.8. The molecule has 4 aromatic carbocycles. The Bertz CT molecular complexity index is 1700. The summed E-state index contributed by atoms with van der Waals surface area (Å²) in [5.74, 6) is -2.72. The third kappa shape index (κ3) is 4.84. The number of phenols is 1. The fourth-order valence-electron chi connectivity index (χ4n) is 5.21. The van der Waals surface area contributed by atoms with Crippen LogP contribution in [0.3, 0.4) is 0 Å². The Labute approximate surface area is 243 Å². The van der Waals surface area contributed by atoms with E-state index < -0.39 is 17.9 Å². The van der Waals surface area contributed by atoms with Gasteiger partial charge in [-0.25, -0.2) is 9.59 Å². The molecule has 1 atom stereocenters. The van der Waals surface area contributed by atoms with Gasteiger partial charge in [-0.1, -0.05) is 91.0 Å². The van der Waals surface area contributed by atoms with Crippen molar-refractivity contribution >= 4 is 17.6 Å². The monoisotopic (exact) mass is 557 g/mol. The normalized spacial score (nSPS) is 14.8. The molecule has 0 radical (unpaired) electrons. The number of methoxy groups -OCH3 is 2. The van der Waals surface area contributed by atoms with Crippen molar-refractivity contribution in [3.63, 3.8) is 0 Å². The molecule has 0 aliphatic carbocycles. The van der Waals surface area contributed by atoms with E-state index in [1.165, 1.54) is 19.1 Å². The quantitative estimate of drug-likeness (QED) is 0.293. The lowest BCUT2D eigenvalue weighted by atomic mass is 9.80. The Morgan fingerprint density at radius 1 is 0.810 bits per heavy atom. The first kappa shape index (κ1) is 27.7. The minimum atomic E-state index is -0.992. The van der Waals surface area contributed by atoms with Gasteiger partial charge in [0.25, 0.3) is 0 Å². The van der Waals surface area contributed by atoms with E-state index in [0.29, 0.717) is 33.5 Å². The van der Waals surface area contributed by atoms with E-state index in [2.05, 4.69) is 6.07 Å². The summed E-state index contributed by atoms with van der Waals surface area (Å²) >= 11 is 0. The average molecular weight is 558 g/mol. The second-order valence-electron chi connectivity index (χ2n) is 9.46. The molecule has 5 rings (SSSR count). The molecule has 0 spiro atoms. The number of rotatable bonds is 6. The fourth-order valence-corrected chi connectivity index (χ4v) is 5.21. The molecule has 0 saturated heterocycles. The summed E-state index contributed by atoms with van der Waals surface area (Å²) in [5, 5.41) is 21.9. The number of carbonyl (C=O) groups excluding carboxylic acids is 2. The number of phenolic OH excluding ortho intramolecular Hbond substituents is 1. The minimum absolute atomic E-state index is 0.00942. The molecule has 0 aromatic heterocycles. The third-order valence-corrected chi connectivity index (χ3v) is 7.13. The number of ether oxygens (including phenoxy) is 2. The van der Waals surface area contributed by atoms with Gasteiger partial charge in [0.2, 0.25) is 0 Å². The smallest absolute Gasteiger partial charge is 0.355 e. The molecule has 1 unspecified atom stereocenters. The maximum Gasteiger partial charge on any atom is 0.355 e. The molecule has 1 heterocycles. The van der Waals surface area contributed by atoms with E-state index in [1.807, 2.05) is 60.7 Å². The number of hydrogen-bond donors (Lipinski definition) is 2. The second kappa shape index (κ2) is 11.7. The van der Waals surface area contributed by atoms with Gasteiger partial charge in [-0.05, 0) is 28.8 Å². The number of anilines is 1. The summed E-state index contributed by atoms with van der Waals surface area (Å²) in [5.41, 5.74) is 9.67. The van der Waals surface area contributed by atoms with Crippen LogP contribution in [0.1, 0.15) is 11.5 Å². The molecule has 8 heteroatoms. The standard InChI is InChI=1S/C34H27N3O5/c1-41-33(39)29-28(23-16-10-5-11-17-23)27(20-35)32(36)37(30(29)34(40)42-2)24-18-25(21-12-6-3-7-13-21)31(38)26(19-24)22-14-8-4-9-15-22/h3-19,28,38H,36H2,1-2H3. The van der Waals surface area contributed by atoms with E-state index in [9.17, 15) is 20.0 Å². The Morgan fingerprint density at radius 3 is 1.74 bits per heavy atom. The predicted molar refractivity (Wildman–Crippen MR) is 159 cm³/mol. The number of nitrogens with zero attached hydrogens (tertiary/aromatic N) is 2. The molecule has 1 aliphatic heterocycles. The molecule has 0 fully saturated rings. The van der Waals surface area contributed by atoms with E-state index in [-0.39, 0.29) is 28.4 Å².